The third-order valence-corrected chi connectivity index (χ3v) is 6.18. The second kappa shape index (κ2) is 8.93. The van der Waals surface area contributed by atoms with E-state index in [0.29, 0.717) is 6.54 Å². The molecule has 7 heteroatoms. The van der Waals surface area contributed by atoms with Gasteiger partial charge in [0.1, 0.15) is 11.2 Å². The van der Waals surface area contributed by atoms with Crippen molar-refractivity contribution in [2.75, 3.05) is 32.7 Å². The topological polar surface area (TPSA) is 76.7 Å². The smallest absolute Gasteiger partial charge is 0.235 e. The monoisotopic (exact) mass is 394 g/mol. The highest BCUT2D eigenvalue weighted by molar-refractivity contribution is 5.79. The molecule has 1 amide bonds. The molecule has 2 aromatic rings. The van der Waals surface area contributed by atoms with Gasteiger partial charge in [0.2, 0.25) is 5.91 Å². The molecule has 1 saturated carbocycles. The van der Waals surface area contributed by atoms with Crippen molar-refractivity contribution in [2.24, 2.45) is 0 Å². The van der Waals surface area contributed by atoms with Gasteiger partial charge in [-0.1, -0.05) is 31.7 Å². The number of nitriles is 1. The van der Waals surface area contributed by atoms with Crippen molar-refractivity contribution in [3.63, 3.8) is 0 Å². The fourth-order valence-corrected chi connectivity index (χ4v) is 4.50. The molecule has 1 aliphatic carbocycles. The number of nitrogens with one attached hydrogen (secondary N) is 1. The van der Waals surface area contributed by atoms with E-state index in [1.807, 2.05) is 24.4 Å². The molecule has 0 unspecified atom stereocenters. The molecule has 0 spiro atoms. The van der Waals surface area contributed by atoms with E-state index in [9.17, 15) is 10.1 Å². The first-order chi connectivity index (χ1) is 14.2. The van der Waals surface area contributed by atoms with Crippen molar-refractivity contribution in [3.8, 4) is 6.07 Å². The molecular formula is C22H30N6O. The number of fused-ring (bicyclic) bond motifs is 1. The number of amides is 1. The van der Waals surface area contributed by atoms with Crippen molar-refractivity contribution in [1.29, 1.82) is 5.26 Å². The van der Waals surface area contributed by atoms with Crippen LogP contribution >= 0.6 is 0 Å². The highest BCUT2D eigenvalue weighted by atomic mass is 16.2. The van der Waals surface area contributed by atoms with Crippen LogP contribution in [0.2, 0.25) is 0 Å². The molecule has 2 fully saturated rings. The van der Waals surface area contributed by atoms with Crippen LogP contribution in [0.4, 0.5) is 0 Å². The van der Waals surface area contributed by atoms with Crippen molar-refractivity contribution < 1.29 is 4.79 Å². The van der Waals surface area contributed by atoms with Gasteiger partial charge in [-0.3, -0.25) is 14.6 Å². The fourth-order valence-electron chi connectivity index (χ4n) is 4.50. The maximum Gasteiger partial charge on any atom is 0.235 e. The number of imidazole rings is 1. The van der Waals surface area contributed by atoms with E-state index >= 15 is 0 Å². The van der Waals surface area contributed by atoms with Crippen LogP contribution in [0.15, 0.2) is 30.6 Å². The number of pyridine rings is 1. The van der Waals surface area contributed by atoms with E-state index in [4.69, 9.17) is 0 Å². The van der Waals surface area contributed by atoms with Gasteiger partial charge in [-0.15, -0.1) is 0 Å². The lowest BCUT2D eigenvalue weighted by Gasteiger charge is -2.34. The van der Waals surface area contributed by atoms with E-state index in [1.165, 1.54) is 0 Å². The number of rotatable bonds is 5. The van der Waals surface area contributed by atoms with Crippen LogP contribution in [0.25, 0.3) is 5.65 Å². The molecule has 1 N–H and O–H groups in total. The van der Waals surface area contributed by atoms with Gasteiger partial charge in [-0.2, -0.15) is 5.26 Å². The molecule has 0 bridgehead atoms. The van der Waals surface area contributed by atoms with Gasteiger partial charge >= 0.3 is 0 Å². The minimum Gasteiger partial charge on any atom is -0.337 e. The predicted octanol–water partition coefficient (Wildman–Crippen LogP) is 2.18. The summed E-state index contributed by atoms with van der Waals surface area (Å²) < 4.78 is 2.05. The van der Waals surface area contributed by atoms with Crippen LogP contribution < -0.4 is 5.32 Å². The zero-order chi connectivity index (χ0) is 20.1. The van der Waals surface area contributed by atoms with Gasteiger partial charge in [0.25, 0.3) is 0 Å². The zero-order valence-electron chi connectivity index (χ0n) is 17.0. The molecule has 1 aliphatic heterocycles. The molecule has 0 radical (unpaired) electrons. The van der Waals surface area contributed by atoms with Crippen LogP contribution in [0.5, 0.6) is 0 Å². The first-order valence-electron chi connectivity index (χ1n) is 10.8. The second-order valence-electron chi connectivity index (χ2n) is 8.41. The summed E-state index contributed by atoms with van der Waals surface area (Å²) in [6.07, 6.45) is 10.0. The molecular weight excluding hydrogens is 364 g/mol. The Balaban J connectivity index is 1.25. The molecule has 2 aliphatic rings. The summed E-state index contributed by atoms with van der Waals surface area (Å²) >= 11 is 0. The van der Waals surface area contributed by atoms with Gasteiger partial charge in [0.15, 0.2) is 0 Å². The first kappa shape index (κ1) is 19.9. The van der Waals surface area contributed by atoms with Crippen LogP contribution in [0.1, 0.15) is 44.2 Å². The van der Waals surface area contributed by atoms with Crippen LogP contribution in [-0.4, -0.2) is 63.4 Å². The summed E-state index contributed by atoms with van der Waals surface area (Å²) in [5.41, 5.74) is 1.40. The van der Waals surface area contributed by atoms with Crippen molar-refractivity contribution >= 4 is 11.6 Å². The number of hydrogen-bond donors (Lipinski definition) is 1. The Kier molecular flexibility index (Phi) is 6.12. The van der Waals surface area contributed by atoms with Gasteiger partial charge in [0, 0.05) is 45.1 Å². The highest BCUT2D eigenvalue weighted by Gasteiger charge is 2.33. The molecule has 2 aromatic heterocycles. The first-order valence-corrected chi connectivity index (χ1v) is 10.8. The predicted molar refractivity (Wildman–Crippen MR) is 111 cm³/mol. The molecule has 4 rings (SSSR count). The number of carbonyl (C=O) groups is 1. The fraction of sp³-hybridized carbons (Fsp3) is 0.591. The molecule has 1 saturated heterocycles. The standard InChI is InChI=1S/C22H30N6O/c23-18-22(8-4-1-2-5-9-22)25-21(29)17-27-13-11-26(12-14-27)15-19-16-28-10-6-3-7-20(28)24-19/h3,6-7,10,16H,1-2,4-5,8-9,11-15,17H2,(H,25,29). The number of piperazine rings is 1. The Morgan fingerprint density at radius 2 is 1.83 bits per heavy atom. The number of carbonyl (C=O) groups excluding carboxylic acids is 1. The van der Waals surface area contributed by atoms with Gasteiger partial charge < -0.3 is 9.72 Å². The van der Waals surface area contributed by atoms with Crippen LogP contribution in [0.3, 0.4) is 0 Å². The van der Waals surface area contributed by atoms with Crippen molar-refractivity contribution in [3.05, 3.63) is 36.3 Å². The van der Waals surface area contributed by atoms with E-state index in [0.717, 1.165) is 82.6 Å². The van der Waals surface area contributed by atoms with Crippen molar-refractivity contribution in [1.82, 2.24) is 24.5 Å². The summed E-state index contributed by atoms with van der Waals surface area (Å²) in [7, 11) is 0. The highest BCUT2D eigenvalue weighted by Crippen LogP contribution is 2.26. The average molecular weight is 395 g/mol. The Morgan fingerprint density at radius 1 is 1.10 bits per heavy atom. The molecule has 7 nitrogen and oxygen atoms in total. The Labute approximate surface area is 172 Å². The molecule has 29 heavy (non-hydrogen) atoms. The van der Waals surface area contributed by atoms with Crippen LogP contribution in [0, 0.1) is 11.3 Å². The minimum atomic E-state index is -0.654. The SMILES string of the molecule is N#CC1(NC(=O)CN2CCN(Cc3cn4ccccc4n3)CC2)CCCCCC1. The third kappa shape index (κ3) is 4.95. The number of aromatic nitrogens is 2. The summed E-state index contributed by atoms with van der Waals surface area (Å²) in [6, 6.07) is 8.43. The summed E-state index contributed by atoms with van der Waals surface area (Å²) in [5, 5.41) is 12.7. The van der Waals surface area contributed by atoms with E-state index in [1.54, 1.807) is 0 Å². The van der Waals surface area contributed by atoms with Crippen LogP contribution in [-0.2, 0) is 11.3 Å². The lowest BCUT2D eigenvalue weighted by atomic mass is 9.92. The van der Waals surface area contributed by atoms with Gasteiger partial charge in [0.05, 0.1) is 18.3 Å². The van der Waals surface area contributed by atoms with E-state index in [-0.39, 0.29) is 5.91 Å². The Hall–Kier alpha value is -2.43. The molecule has 3 heterocycles. The Morgan fingerprint density at radius 3 is 2.52 bits per heavy atom. The number of nitrogens with zero attached hydrogens (tertiary/aromatic N) is 5. The van der Waals surface area contributed by atoms with Gasteiger partial charge in [-0.05, 0) is 25.0 Å². The van der Waals surface area contributed by atoms with E-state index in [2.05, 4.69) is 36.8 Å². The summed E-state index contributed by atoms with van der Waals surface area (Å²) in [5.74, 6) is -0.0118. The van der Waals surface area contributed by atoms with Gasteiger partial charge in [-0.25, -0.2) is 4.98 Å². The van der Waals surface area contributed by atoms with E-state index < -0.39 is 5.54 Å². The lowest BCUT2D eigenvalue weighted by Crippen LogP contribution is -2.53. The second-order valence-corrected chi connectivity index (χ2v) is 8.41. The Bertz CT molecular complexity index is 836. The number of hydrogen-bond acceptors (Lipinski definition) is 5. The minimum absolute atomic E-state index is 0.0118. The molecule has 0 aromatic carbocycles. The maximum atomic E-state index is 12.6. The third-order valence-electron chi connectivity index (χ3n) is 6.18. The largest absolute Gasteiger partial charge is 0.337 e. The average Bonchev–Trinajstić information content (AvgIpc) is 2.99. The quantitative estimate of drug-likeness (QED) is 0.787. The lowest BCUT2D eigenvalue weighted by molar-refractivity contribution is -0.124. The normalized spacial score (nSPS) is 20.8. The zero-order valence-corrected chi connectivity index (χ0v) is 17.0. The summed E-state index contributed by atoms with van der Waals surface area (Å²) in [4.78, 5) is 21.9. The molecule has 0 atom stereocenters. The van der Waals surface area contributed by atoms with Crippen molar-refractivity contribution in [2.45, 2.75) is 50.6 Å². The maximum absolute atomic E-state index is 12.6. The summed E-state index contributed by atoms with van der Waals surface area (Å²) in [6.45, 7) is 4.78. The molecule has 154 valence electrons.